The fraction of sp³-hybridized carbons (Fsp3) is 0.565. The summed E-state index contributed by atoms with van der Waals surface area (Å²) in [5, 5.41) is 20.9. The van der Waals surface area contributed by atoms with E-state index in [1.165, 1.54) is 12.8 Å². The first-order valence-corrected chi connectivity index (χ1v) is 12.1. The van der Waals surface area contributed by atoms with Crippen molar-refractivity contribution in [2.75, 3.05) is 5.75 Å². The Morgan fingerprint density at radius 2 is 1.86 bits per heavy atom. The first kappa shape index (κ1) is 19.9. The molecule has 0 saturated heterocycles. The number of fused-ring (bicyclic) bond motifs is 1. The highest BCUT2D eigenvalue weighted by Crippen LogP contribution is 2.47. The van der Waals surface area contributed by atoms with Crippen LogP contribution in [0.2, 0.25) is 0 Å². The fourth-order valence-electron chi connectivity index (χ4n) is 5.37. The second-order valence-corrected chi connectivity index (χ2v) is 10.7. The molecule has 0 amide bonds. The zero-order valence-corrected chi connectivity index (χ0v) is 17.0. The van der Waals surface area contributed by atoms with Crippen LogP contribution in [0.3, 0.4) is 0 Å². The van der Waals surface area contributed by atoms with E-state index < -0.39 is 22.0 Å². The standard InChI is InChI=1S/C23H30O4S/c24-22(17-6-4-5-7-17)11-10-20-21-13-16(12-18(21)14-23(20)25)15-28(26,27)19-8-2-1-3-9-19/h1-3,8-12,17-18,20-25H,4-7,13-15H2/b11-10+/t18-,20-,21-,22+,23+/m0/s1. The first-order chi connectivity index (χ1) is 13.4. The molecule has 4 nitrogen and oxygen atoms in total. The van der Waals surface area contributed by atoms with Crippen LogP contribution in [0.15, 0.2) is 59.0 Å². The van der Waals surface area contributed by atoms with Gasteiger partial charge in [0.15, 0.2) is 9.84 Å². The Hall–Kier alpha value is -1.43. The number of rotatable bonds is 6. The molecule has 2 N–H and O–H groups in total. The lowest BCUT2D eigenvalue weighted by Gasteiger charge is -2.20. The molecule has 5 heteroatoms. The van der Waals surface area contributed by atoms with Crippen molar-refractivity contribution in [3.05, 3.63) is 54.1 Å². The third kappa shape index (κ3) is 4.12. The van der Waals surface area contributed by atoms with Gasteiger partial charge in [0.2, 0.25) is 0 Å². The van der Waals surface area contributed by atoms with Crippen LogP contribution in [0.4, 0.5) is 0 Å². The molecular weight excluding hydrogens is 372 g/mol. The Kier molecular flexibility index (Phi) is 5.77. The lowest BCUT2D eigenvalue weighted by molar-refractivity contribution is 0.136. The van der Waals surface area contributed by atoms with E-state index in [9.17, 15) is 18.6 Å². The predicted molar refractivity (Wildman–Crippen MR) is 109 cm³/mol. The number of hydrogen-bond acceptors (Lipinski definition) is 4. The van der Waals surface area contributed by atoms with E-state index in [-0.39, 0.29) is 23.5 Å². The van der Waals surface area contributed by atoms with Crippen molar-refractivity contribution in [3.8, 4) is 0 Å². The van der Waals surface area contributed by atoms with Crippen molar-refractivity contribution in [3.63, 3.8) is 0 Å². The summed E-state index contributed by atoms with van der Waals surface area (Å²) in [6, 6.07) is 8.60. The topological polar surface area (TPSA) is 74.6 Å². The summed E-state index contributed by atoms with van der Waals surface area (Å²) in [6.45, 7) is 0. The Labute approximate surface area is 167 Å². The highest BCUT2D eigenvalue weighted by atomic mass is 32.2. The van der Waals surface area contributed by atoms with Gasteiger partial charge in [-0.3, -0.25) is 0 Å². The van der Waals surface area contributed by atoms with Gasteiger partial charge in [0, 0.05) is 5.92 Å². The van der Waals surface area contributed by atoms with E-state index in [0.29, 0.717) is 23.7 Å². The van der Waals surface area contributed by atoms with Crippen LogP contribution in [0, 0.1) is 23.7 Å². The van der Waals surface area contributed by atoms with Gasteiger partial charge in [0.1, 0.15) is 0 Å². The molecule has 4 rings (SSSR count). The molecule has 0 bridgehead atoms. The third-order valence-electron chi connectivity index (χ3n) is 6.84. The summed E-state index contributed by atoms with van der Waals surface area (Å²) in [5.74, 6) is 0.867. The molecule has 0 aliphatic heterocycles. The van der Waals surface area contributed by atoms with Crippen molar-refractivity contribution >= 4 is 9.84 Å². The average Bonchev–Trinajstić information content (AvgIpc) is 3.38. The molecule has 0 unspecified atom stereocenters. The molecule has 0 heterocycles. The van der Waals surface area contributed by atoms with Crippen LogP contribution >= 0.6 is 0 Å². The van der Waals surface area contributed by atoms with Crippen LogP contribution in [0.5, 0.6) is 0 Å². The molecule has 2 saturated carbocycles. The number of benzene rings is 1. The molecule has 152 valence electrons. The van der Waals surface area contributed by atoms with E-state index in [0.717, 1.165) is 18.4 Å². The second kappa shape index (κ2) is 8.13. The summed E-state index contributed by atoms with van der Waals surface area (Å²) in [7, 11) is -3.33. The Balaban J connectivity index is 1.41. The third-order valence-corrected chi connectivity index (χ3v) is 8.58. The zero-order valence-electron chi connectivity index (χ0n) is 16.2. The maximum Gasteiger partial charge on any atom is 0.182 e. The van der Waals surface area contributed by atoms with Gasteiger partial charge in [-0.1, -0.05) is 54.8 Å². The Morgan fingerprint density at radius 3 is 2.57 bits per heavy atom. The largest absolute Gasteiger partial charge is 0.392 e. The van der Waals surface area contributed by atoms with Crippen molar-refractivity contribution < 1.29 is 18.6 Å². The van der Waals surface area contributed by atoms with Crippen molar-refractivity contribution in [2.24, 2.45) is 23.7 Å². The van der Waals surface area contributed by atoms with Crippen molar-refractivity contribution in [2.45, 2.75) is 55.6 Å². The summed E-state index contributed by atoms with van der Waals surface area (Å²) < 4.78 is 25.4. The molecule has 2 fully saturated rings. The molecule has 1 aromatic rings. The zero-order chi connectivity index (χ0) is 19.7. The van der Waals surface area contributed by atoms with Gasteiger partial charge in [-0.25, -0.2) is 8.42 Å². The highest BCUT2D eigenvalue weighted by molar-refractivity contribution is 7.91. The maximum absolute atomic E-state index is 12.7. The number of sulfone groups is 1. The highest BCUT2D eigenvalue weighted by Gasteiger charge is 2.44. The molecule has 0 spiro atoms. The molecule has 1 aromatic carbocycles. The Bertz CT molecular complexity index is 837. The summed E-state index contributed by atoms with van der Waals surface area (Å²) in [4.78, 5) is 0.365. The quantitative estimate of drug-likeness (QED) is 0.714. The van der Waals surface area contributed by atoms with Gasteiger partial charge in [0.05, 0.1) is 22.9 Å². The summed E-state index contributed by atoms with van der Waals surface area (Å²) in [5.41, 5.74) is 0.959. The van der Waals surface area contributed by atoms with Crippen molar-refractivity contribution in [1.82, 2.24) is 0 Å². The summed E-state index contributed by atoms with van der Waals surface area (Å²) in [6.07, 6.45) is 11.0. The number of allylic oxidation sites excluding steroid dienone is 1. The van der Waals surface area contributed by atoms with E-state index in [1.54, 1.807) is 24.3 Å². The van der Waals surface area contributed by atoms with E-state index >= 15 is 0 Å². The van der Waals surface area contributed by atoms with E-state index in [2.05, 4.69) is 6.08 Å². The molecule has 5 atom stereocenters. The SMILES string of the molecule is O=S(=O)(CC1=C[C@H]2C[C@@H](O)[C@@H](/C=C/[C@@H](O)C3CCCC3)[C@H]2C1)c1ccccc1. The minimum atomic E-state index is -3.33. The normalized spacial score (nSPS) is 32.0. The lowest BCUT2D eigenvalue weighted by atomic mass is 9.88. The molecule has 28 heavy (non-hydrogen) atoms. The maximum atomic E-state index is 12.7. The van der Waals surface area contributed by atoms with Crippen LogP contribution in [-0.2, 0) is 9.84 Å². The number of aliphatic hydroxyl groups excluding tert-OH is 2. The lowest BCUT2D eigenvalue weighted by Crippen LogP contribution is -2.20. The molecule has 3 aliphatic carbocycles. The smallest absolute Gasteiger partial charge is 0.182 e. The molecule has 0 aromatic heterocycles. The number of aliphatic hydroxyl groups is 2. The monoisotopic (exact) mass is 402 g/mol. The van der Waals surface area contributed by atoms with Crippen LogP contribution < -0.4 is 0 Å². The van der Waals surface area contributed by atoms with Gasteiger partial charge in [-0.2, -0.15) is 0 Å². The molecule has 0 radical (unpaired) electrons. The summed E-state index contributed by atoms with van der Waals surface area (Å²) >= 11 is 0. The Morgan fingerprint density at radius 1 is 1.14 bits per heavy atom. The van der Waals surface area contributed by atoms with Crippen LogP contribution in [0.1, 0.15) is 38.5 Å². The molecule has 3 aliphatic rings. The van der Waals surface area contributed by atoms with E-state index in [4.69, 9.17) is 0 Å². The fourth-order valence-corrected chi connectivity index (χ4v) is 6.81. The number of hydrogen-bond donors (Lipinski definition) is 2. The molecular formula is C23H30O4S. The minimum Gasteiger partial charge on any atom is -0.392 e. The van der Waals surface area contributed by atoms with Gasteiger partial charge >= 0.3 is 0 Å². The van der Waals surface area contributed by atoms with Gasteiger partial charge in [0.25, 0.3) is 0 Å². The predicted octanol–water partition coefficient (Wildman–Crippen LogP) is 3.51. The van der Waals surface area contributed by atoms with Gasteiger partial charge in [-0.15, -0.1) is 0 Å². The van der Waals surface area contributed by atoms with E-state index in [1.807, 2.05) is 18.2 Å². The second-order valence-electron chi connectivity index (χ2n) is 8.73. The van der Waals surface area contributed by atoms with Crippen molar-refractivity contribution in [1.29, 1.82) is 0 Å². The first-order valence-electron chi connectivity index (χ1n) is 10.5. The average molecular weight is 403 g/mol. The minimum absolute atomic E-state index is 0.00534. The van der Waals surface area contributed by atoms with Crippen LogP contribution in [-0.4, -0.2) is 36.6 Å². The van der Waals surface area contributed by atoms with Gasteiger partial charge in [-0.05, 0) is 55.6 Å². The van der Waals surface area contributed by atoms with Crippen LogP contribution in [0.25, 0.3) is 0 Å². The van der Waals surface area contributed by atoms with Gasteiger partial charge < -0.3 is 10.2 Å².